The third kappa shape index (κ3) is 2.80. The van der Waals surface area contributed by atoms with Crippen LogP contribution in [0, 0.1) is 29.1 Å². The van der Waals surface area contributed by atoms with E-state index in [4.69, 9.17) is 0 Å². The van der Waals surface area contributed by atoms with Gasteiger partial charge in [0.2, 0.25) is 34.8 Å². The Kier molecular flexibility index (Phi) is 4.41. The Morgan fingerprint density at radius 2 is 1.26 bits per heavy atom. The third-order valence-corrected chi connectivity index (χ3v) is 1.81. The highest BCUT2D eigenvalue weighted by Gasteiger charge is 2.30. The van der Waals surface area contributed by atoms with Crippen LogP contribution in [0.15, 0.2) is 0 Å². The minimum absolute atomic E-state index is 0.245. The maximum absolute atomic E-state index is 13.1. The largest absolute Gasteiger partial charge is 0.458 e. The van der Waals surface area contributed by atoms with Crippen LogP contribution in [0.3, 0.4) is 0 Å². The molecule has 9 heteroatoms. The second kappa shape index (κ2) is 5.63. The molecule has 0 saturated heterocycles. The summed E-state index contributed by atoms with van der Waals surface area (Å²) in [5.74, 6) is -17.2. The van der Waals surface area contributed by atoms with E-state index in [1.54, 1.807) is 0 Å². The highest BCUT2D eigenvalue weighted by atomic mass is 19.2. The topological polar surface area (TPSA) is 52.6 Å². The number of ether oxygens (including phenoxy) is 2. The normalized spacial score (nSPS) is 10.2. The molecule has 0 bridgehead atoms. The minimum Gasteiger partial charge on any atom is -0.458 e. The molecule has 0 spiro atoms. The number of hydrogen-bond donors (Lipinski definition) is 0. The molecule has 0 aliphatic heterocycles. The first kappa shape index (κ1) is 14.9. The molecule has 1 aromatic carbocycles. The molecule has 1 rings (SSSR count). The highest BCUT2D eigenvalue weighted by Crippen LogP contribution is 2.29. The van der Waals surface area contributed by atoms with Crippen LogP contribution in [0.4, 0.5) is 22.0 Å². The average Bonchev–Trinajstić information content (AvgIpc) is 2.39. The number of benzene rings is 1. The fourth-order valence-corrected chi connectivity index (χ4v) is 0.999. The van der Waals surface area contributed by atoms with Crippen LogP contribution < -0.4 is 4.74 Å². The van der Waals surface area contributed by atoms with E-state index in [1.807, 2.05) is 0 Å². The summed E-state index contributed by atoms with van der Waals surface area (Å²) in [6.45, 7) is 1.08. The summed E-state index contributed by atoms with van der Waals surface area (Å²) in [4.78, 5) is 21.7. The van der Waals surface area contributed by atoms with E-state index in [-0.39, 0.29) is 6.61 Å². The standard InChI is InChI=1S/C10H5F5O4/c1-2-18-9(16)10(17)19-8-6(14)4(12)3(11)5(13)7(8)15/h2H2,1H3. The van der Waals surface area contributed by atoms with Crippen LogP contribution in [0.1, 0.15) is 6.92 Å². The zero-order valence-electron chi connectivity index (χ0n) is 9.23. The van der Waals surface area contributed by atoms with Crippen molar-refractivity contribution >= 4 is 11.9 Å². The molecule has 4 nitrogen and oxygen atoms in total. The number of rotatable bonds is 2. The van der Waals surface area contributed by atoms with E-state index in [0.29, 0.717) is 0 Å². The molecule has 0 atom stereocenters. The Hall–Kier alpha value is -2.19. The molecule has 0 radical (unpaired) electrons. The van der Waals surface area contributed by atoms with E-state index in [9.17, 15) is 31.5 Å². The van der Waals surface area contributed by atoms with Crippen LogP contribution in [0.2, 0.25) is 0 Å². The fraction of sp³-hybridized carbons (Fsp3) is 0.200. The lowest BCUT2D eigenvalue weighted by Gasteiger charge is -2.08. The Bertz CT molecular complexity index is 514. The number of halogens is 5. The Labute approximate surface area is 102 Å². The predicted octanol–water partition coefficient (Wildman–Crippen LogP) is 1.85. The lowest BCUT2D eigenvalue weighted by Crippen LogP contribution is -2.24. The predicted molar refractivity (Wildman–Crippen MR) is 48.5 cm³/mol. The van der Waals surface area contributed by atoms with Gasteiger partial charge in [0, 0.05) is 0 Å². The first-order chi connectivity index (χ1) is 8.81. The van der Waals surface area contributed by atoms with Gasteiger partial charge in [-0.3, -0.25) is 0 Å². The van der Waals surface area contributed by atoms with Gasteiger partial charge in [-0.1, -0.05) is 0 Å². The summed E-state index contributed by atoms with van der Waals surface area (Å²) in [6.07, 6.45) is 0. The molecule has 19 heavy (non-hydrogen) atoms. The van der Waals surface area contributed by atoms with Gasteiger partial charge in [0.25, 0.3) is 0 Å². The van der Waals surface area contributed by atoms with Crippen molar-refractivity contribution in [3.05, 3.63) is 29.1 Å². The first-order valence-corrected chi connectivity index (χ1v) is 4.71. The summed E-state index contributed by atoms with van der Waals surface area (Å²) in [7, 11) is 0. The molecule has 0 heterocycles. The smallest absolute Gasteiger partial charge is 0.423 e. The van der Waals surface area contributed by atoms with Gasteiger partial charge in [0.05, 0.1) is 6.61 Å². The van der Waals surface area contributed by atoms with Crippen LogP contribution >= 0.6 is 0 Å². The van der Waals surface area contributed by atoms with E-state index in [1.165, 1.54) is 6.92 Å². The molecular weight excluding hydrogens is 279 g/mol. The summed E-state index contributed by atoms with van der Waals surface area (Å²) in [6, 6.07) is 0. The molecule has 0 N–H and O–H groups in total. The zero-order chi connectivity index (χ0) is 14.7. The van der Waals surface area contributed by atoms with Gasteiger partial charge in [-0.2, -0.15) is 8.78 Å². The number of carbonyl (C=O) groups excluding carboxylic acids is 2. The van der Waals surface area contributed by atoms with E-state index < -0.39 is 46.8 Å². The SMILES string of the molecule is CCOC(=O)C(=O)Oc1c(F)c(F)c(F)c(F)c1F. The molecule has 0 aliphatic carbocycles. The average molecular weight is 284 g/mol. The fourth-order valence-electron chi connectivity index (χ4n) is 0.999. The second-order valence-corrected chi connectivity index (χ2v) is 3.01. The van der Waals surface area contributed by atoms with Crippen molar-refractivity contribution < 1.29 is 41.0 Å². The molecule has 104 valence electrons. The summed E-state index contributed by atoms with van der Waals surface area (Å²) in [5.41, 5.74) is 0. The van der Waals surface area contributed by atoms with Crippen molar-refractivity contribution in [1.29, 1.82) is 0 Å². The van der Waals surface area contributed by atoms with Gasteiger partial charge in [0.1, 0.15) is 0 Å². The van der Waals surface area contributed by atoms with Crippen LogP contribution in [-0.2, 0) is 14.3 Å². The molecule has 0 aromatic heterocycles. The van der Waals surface area contributed by atoms with E-state index in [0.717, 1.165) is 0 Å². The first-order valence-electron chi connectivity index (χ1n) is 4.71. The maximum atomic E-state index is 13.1. The van der Waals surface area contributed by atoms with Crippen molar-refractivity contribution in [3.8, 4) is 5.75 Å². The quantitative estimate of drug-likeness (QED) is 0.208. The molecule has 0 aliphatic rings. The van der Waals surface area contributed by atoms with Gasteiger partial charge in [-0.05, 0) is 6.92 Å². The van der Waals surface area contributed by atoms with Gasteiger partial charge >= 0.3 is 11.9 Å². The third-order valence-electron chi connectivity index (χ3n) is 1.81. The lowest BCUT2D eigenvalue weighted by atomic mass is 10.2. The van der Waals surface area contributed by atoms with Gasteiger partial charge in [-0.25, -0.2) is 22.8 Å². The Morgan fingerprint density at radius 1 is 0.842 bits per heavy atom. The number of carbonyl (C=O) groups is 2. The summed E-state index contributed by atoms with van der Waals surface area (Å²) < 4.78 is 72.2. The van der Waals surface area contributed by atoms with E-state index >= 15 is 0 Å². The molecule has 0 unspecified atom stereocenters. The van der Waals surface area contributed by atoms with Crippen molar-refractivity contribution in [2.24, 2.45) is 0 Å². The Balaban J connectivity index is 3.16. The highest BCUT2D eigenvalue weighted by molar-refractivity contribution is 6.30. The van der Waals surface area contributed by atoms with Crippen molar-refractivity contribution in [1.82, 2.24) is 0 Å². The summed E-state index contributed by atoms with van der Waals surface area (Å²) in [5, 5.41) is 0. The lowest BCUT2D eigenvalue weighted by molar-refractivity contribution is -0.162. The molecule has 0 saturated carbocycles. The van der Waals surface area contributed by atoms with Crippen LogP contribution in [0.25, 0.3) is 0 Å². The number of esters is 2. The van der Waals surface area contributed by atoms with Crippen LogP contribution in [0.5, 0.6) is 5.75 Å². The maximum Gasteiger partial charge on any atom is 0.423 e. The van der Waals surface area contributed by atoms with Crippen molar-refractivity contribution in [3.63, 3.8) is 0 Å². The van der Waals surface area contributed by atoms with Gasteiger partial charge < -0.3 is 9.47 Å². The molecular formula is C10H5F5O4. The van der Waals surface area contributed by atoms with Crippen LogP contribution in [-0.4, -0.2) is 18.5 Å². The van der Waals surface area contributed by atoms with Crippen molar-refractivity contribution in [2.75, 3.05) is 6.61 Å². The molecule has 0 amide bonds. The van der Waals surface area contributed by atoms with E-state index in [2.05, 4.69) is 9.47 Å². The monoisotopic (exact) mass is 284 g/mol. The molecule has 1 aromatic rings. The minimum atomic E-state index is -2.41. The number of hydrogen-bond acceptors (Lipinski definition) is 4. The Morgan fingerprint density at radius 3 is 1.68 bits per heavy atom. The van der Waals surface area contributed by atoms with Gasteiger partial charge in [0.15, 0.2) is 0 Å². The second-order valence-electron chi connectivity index (χ2n) is 3.01. The van der Waals surface area contributed by atoms with Gasteiger partial charge in [-0.15, -0.1) is 0 Å². The molecule has 0 fully saturated rings. The van der Waals surface area contributed by atoms with Crippen molar-refractivity contribution in [2.45, 2.75) is 6.92 Å². The summed E-state index contributed by atoms with van der Waals surface area (Å²) >= 11 is 0. The zero-order valence-corrected chi connectivity index (χ0v) is 9.23.